The van der Waals surface area contributed by atoms with E-state index < -0.39 is 0 Å². The highest BCUT2D eigenvalue weighted by Crippen LogP contribution is 2.24. The van der Waals surface area contributed by atoms with E-state index in [1.807, 2.05) is 18.0 Å². The minimum atomic E-state index is -0.241. The van der Waals surface area contributed by atoms with Crippen LogP contribution >= 0.6 is 34.8 Å². The van der Waals surface area contributed by atoms with Crippen molar-refractivity contribution in [3.8, 4) is 5.75 Å². The summed E-state index contributed by atoms with van der Waals surface area (Å²) < 4.78 is 5.30. The predicted octanol–water partition coefficient (Wildman–Crippen LogP) is 4.12. The Morgan fingerprint density at radius 3 is 2.67 bits per heavy atom. The van der Waals surface area contributed by atoms with Crippen LogP contribution in [-0.2, 0) is 11.3 Å². The summed E-state index contributed by atoms with van der Waals surface area (Å²) >= 11 is 17.8. The Hall–Kier alpha value is -1.53. The zero-order chi connectivity index (χ0) is 17.7. The Morgan fingerprint density at radius 2 is 2.00 bits per heavy atom. The van der Waals surface area contributed by atoms with Crippen LogP contribution in [0, 0.1) is 0 Å². The molecule has 0 unspecified atom stereocenters. The van der Waals surface area contributed by atoms with Crippen LogP contribution in [0.3, 0.4) is 0 Å². The Morgan fingerprint density at radius 1 is 1.25 bits per heavy atom. The molecule has 0 radical (unpaired) electrons. The van der Waals surface area contributed by atoms with Gasteiger partial charge in [-0.3, -0.25) is 9.69 Å². The van der Waals surface area contributed by atoms with Crippen molar-refractivity contribution in [2.24, 2.45) is 0 Å². The molecule has 0 bridgehead atoms. The Bertz CT molecular complexity index is 741. The van der Waals surface area contributed by atoms with E-state index in [-0.39, 0.29) is 23.3 Å². The molecule has 0 saturated carbocycles. The molecule has 24 heavy (non-hydrogen) atoms. The number of carbonyl (C=O) groups excluding carboxylic acids is 1. The van der Waals surface area contributed by atoms with Gasteiger partial charge in [-0.1, -0.05) is 34.8 Å². The first-order valence-electron chi connectivity index (χ1n) is 7.01. The number of pyridine rings is 1. The SMILES string of the molecule is COc1ccc(Cl)cc1CN(C)CC(=O)Nc1ncc(Cl)cc1Cl. The Balaban J connectivity index is 1.98. The maximum atomic E-state index is 12.1. The normalized spacial score (nSPS) is 10.8. The second kappa shape index (κ2) is 8.53. The van der Waals surface area contributed by atoms with Gasteiger partial charge in [0.2, 0.25) is 5.91 Å². The number of carbonyl (C=O) groups is 1. The van der Waals surface area contributed by atoms with E-state index in [2.05, 4.69) is 10.3 Å². The fraction of sp³-hybridized carbons (Fsp3) is 0.250. The standard InChI is InChI=1S/C16H16Cl3N3O2/c1-22(8-10-5-11(17)3-4-14(10)24-2)9-15(23)21-16-13(19)6-12(18)7-20-16/h3-7H,8-9H2,1-2H3,(H,20,21,23). The van der Waals surface area contributed by atoms with Crippen molar-refractivity contribution in [2.45, 2.75) is 6.54 Å². The summed E-state index contributed by atoms with van der Waals surface area (Å²) in [6.45, 7) is 0.648. The fourth-order valence-corrected chi connectivity index (χ4v) is 2.76. The molecule has 0 spiro atoms. The zero-order valence-corrected chi connectivity index (χ0v) is 15.4. The molecule has 8 heteroatoms. The minimum absolute atomic E-state index is 0.149. The van der Waals surface area contributed by atoms with Gasteiger partial charge in [0.25, 0.3) is 0 Å². The summed E-state index contributed by atoms with van der Waals surface area (Å²) in [7, 11) is 3.41. The molecule has 1 heterocycles. The van der Waals surface area contributed by atoms with Crippen LogP contribution in [0.4, 0.5) is 5.82 Å². The lowest BCUT2D eigenvalue weighted by Crippen LogP contribution is -2.30. The van der Waals surface area contributed by atoms with Crippen molar-refractivity contribution < 1.29 is 9.53 Å². The highest BCUT2D eigenvalue weighted by Gasteiger charge is 2.13. The summed E-state index contributed by atoms with van der Waals surface area (Å²) in [6, 6.07) is 6.88. The van der Waals surface area contributed by atoms with Gasteiger partial charge in [-0.2, -0.15) is 0 Å². The largest absolute Gasteiger partial charge is 0.496 e. The minimum Gasteiger partial charge on any atom is -0.496 e. The summed E-state index contributed by atoms with van der Waals surface area (Å²) in [5.41, 5.74) is 0.892. The first-order valence-corrected chi connectivity index (χ1v) is 8.14. The van der Waals surface area contributed by atoms with Crippen molar-refractivity contribution in [1.29, 1.82) is 0 Å². The van der Waals surface area contributed by atoms with E-state index in [1.54, 1.807) is 19.2 Å². The summed E-state index contributed by atoms with van der Waals surface area (Å²) in [4.78, 5) is 18.0. The molecule has 1 aromatic heterocycles. The van der Waals surface area contributed by atoms with Gasteiger partial charge < -0.3 is 10.1 Å². The number of hydrogen-bond donors (Lipinski definition) is 1. The van der Waals surface area contributed by atoms with Crippen LogP contribution in [-0.4, -0.2) is 36.5 Å². The van der Waals surface area contributed by atoms with Crippen LogP contribution in [0.1, 0.15) is 5.56 Å². The van der Waals surface area contributed by atoms with E-state index in [0.717, 1.165) is 5.56 Å². The van der Waals surface area contributed by atoms with E-state index >= 15 is 0 Å². The lowest BCUT2D eigenvalue weighted by atomic mass is 10.2. The maximum Gasteiger partial charge on any atom is 0.239 e. The number of amides is 1. The molecule has 0 aliphatic heterocycles. The molecular weight excluding hydrogens is 373 g/mol. The number of ether oxygens (including phenoxy) is 1. The highest BCUT2D eigenvalue weighted by atomic mass is 35.5. The molecule has 0 aliphatic rings. The van der Waals surface area contributed by atoms with E-state index in [9.17, 15) is 4.79 Å². The lowest BCUT2D eigenvalue weighted by Gasteiger charge is -2.18. The summed E-state index contributed by atoms with van der Waals surface area (Å²) in [5.74, 6) is 0.754. The van der Waals surface area contributed by atoms with E-state index in [0.29, 0.717) is 22.3 Å². The molecule has 0 fully saturated rings. The van der Waals surface area contributed by atoms with Gasteiger partial charge in [0, 0.05) is 23.3 Å². The molecule has 1 amide bonds. The van der Waals surface area contributed by atoms with Crippen molar-refractivity contribution in [1.82, 2.24) is 9.88 Å². The number of methoxy groups -OCH3 is 1. The van der Waals surface area contributed by atoms with Crippen LogP contribution < -0.4 is 10.1 Å². The number of halogens is 3. The smallest absolute Gasteiger partial charge is 0.239 e. The fourth-order valence-electron chi connectivity index (χ4n) is 2.14. The number of anilines is 1. The molecule has 1 N–H and O–H groups in total. The molecular formula is C16H16Cl3N3O2. The average molecular weight is 389 g/mol. The first kappa shape index (κ1) is 18.8. The molecule has 0 atom stereocenters. The second-order valence-corrected chi connectivity index (χ2v) is 6.44. The van der Waals surface area contributed by atoms with Gasteiger partial charge in [-0.15, -0.1) is 0 Å². The number of benzene rings is 1. The Labute approximate surface area is 155 Å². The van der Waals surface area contributed by atoms with Gasteiger partial charge in [-0.25, -0.2) is 4.98 Å². The third-order valence-corrected chi connectivity index (χ3v) is 3.89. The number of rotatable bonds is 6. The first-order chi connectivity index (χ1) is 11.4. The molecule has 2 aromatic rings. The van der Waals surface area contributed by atoms with Crippen LogP contribution in [0.15, 0.2) is 30.5 Å². The second-order valence-electron chi connectivity index (χ2n) is 5.16. The van der Waals surface area contributed by atoms with Crippen LogP contribution in [0.2, 0.25) is 15.1 Å². The third-order valence-electron chi connectivity index (χ3n) is 3.16. The molecule has 128 valence electrons. The van der Waals surface area contributed by atoms with Gasteiger partial charge in [0.1, 0.15) is 5.75 Å². The number of aromatic nitrogens is 1. The molecule has 1 aromatic carbocycles. The van der Waals surface area contributed by atoms with Crippen molar-refractivity contribution in [3.05, 3.63) is 51.1 Å². The van der Waals surface area contributed by atoms with Gasteiger partial charge in [0.15, 0.2) is 5.82 Å². The van der Waals surface area contributed by atoms with E-state index in [4.69, 9.17) is 39.5 Å². The Kier molecular flexibility index (Phi) is 6.69. The number of likely N-dealkylation sites (N-methyl/N-ethyl adjacent to an activating group) is 1. The predicted molar refractivity (Wildman–Crippen MR) is 97.2 cm³/mol. The van der Waals surface area contributed by atoms with Gasteiger partial charge in [0.05, 0.1) is 23.7 Å². The highest BCUT2D eigenvalue weighted by molar-refractivity contribution is 6.36. The lowest BCUT2D eigenvalue weighted by molar-refractivity contribution is -0.117. The molecule has 5 nitrogen and oxygen atoms in total. The number of hydrogen-bond acceptors (Lipinski definition) is 4. The van der Waals surface area contributed by atoms with Gasteiger partial charge in [-0.05, 0) is 31.3 Å². The quantitative estimate of drug-likeness (QED) is 0.809. The monoisotopic (exact) mass is 387 g/mol. The van der Waals surface area contributed by atoms with Crippen molar-refractivity contribution in [3.63, 3.8) is 0 Å². The van der Waals surface area contributed by atoms with Crippen LogP contribution in [0.5, 0.6) is 5.75 Å². The van der Waals surface area contributed by atoms with Crippen molar-refractivity contribution >= 4 is 46.5 Å². The molecule has 0 aliphatic carbocycles. The maximum absolute atomic E-state index is 12.1. The molecule has 2 rings (SSSR count). The summed E-state index contributed by atoms with van der Waals surface area (Å²) in [6.07, 6.45) is 1.42. The zero-order valence-electron chi connectivity index (χ0n) is 13.1. The van der Waals surface area contributed by atoms with Crippen molar-refractivity contribution in [2.75, 3.05) is 26.0 Å². The molecule has 0 saturated heterocycles. The van der Waals surface area contributed by atoms with Crippen LogP contribution in [0.25, 0.3) is 0 Å². The number of nitrogens with zero attached hydrogens (tertiary/aromatic N) is 2. The third kappa shape index (κ3) is 5.24. The topological polar surface area (TPSA) is 54.5 Å². The van der Waals surface area contributed by atoms with Gasteiger partial charge >= 0.3 is 0 Å². The van der Waals surface area contributed by atoms with E-state index in [1.165, 1.54) is 12.3 Å². The number of nitrogens with one attached hydrogen (secondary N) is 1. The summed E-state index contributed by atoms with van der Waals surface area (Å²) in [5, 5.41) is 3.96. The average Bonchev–Trinajstić information content (AvgIpc) is 2.50.